The van der Waals surface area contributed by atoms with Gasteiger partial charge in [0.05, 0.1) is 20.6 Å². The van der Waals surface area contributed by atoms with E-state index in [1.54, 1.807) is 14.2 Å². The number of likely N-dealkylation sites (tertiary alicyclic amines) is 1. The Hall–Kier alpha value is -1.75. The molecule has 126 valence electrons. The number of fused-ring (bicyclic) bond motifs is 1. The van der Waals surface area contributed by atoms with Crippen LogP contribution in [0.25, 0.3) is 0 Å². The Labute approximate surface area is 137 Å². The molecule has 0 unspecified atom stereocenters. The number of esters is 1. The van der Waals surface area contributed by atoms with E-state index in [2.05, 4.69) is 17.9 Å². The Balaban J connectivity index is 1.71. The van der Waals surface area contributed by atoms with Gasteiger partial charge in [-0.2, -0.15) is 0 Å². The van der Waals surface area contributed by atoms with Crippen LogP contribution >= 0.6 is 0 Å². The summed E-state index contributed by atoms with van der Waals surface area (Å²) in [7, 11) is 3.29. The van der Waals surface area contributed by atoms with Crippen LogP contribution in [0.4, 0.5) is 0 Å². The molecule has 0 aliphatic carbocycles. The molecule has 0 spiro atoms. The average molecular weight is 319 g/mol. The Morgan fingerprint density at radius 2 is 2.00 bits per heavy atom. The van der Waals surface area contributed by atoms with Gasteiger partial charge in [0.15, 0.2) is 11.5 Å². The van der Waals surface area contributed by atoms with E-state index in [0.29, 0.717) is 18.3 Å². The molecule has 0 amide bonds. The van der Waals surface area contributed by atoms with Crippen LogP contribution in [0, 0.1) is 11.8 Å². The molecular formula is C18H25NO4. The van der Waals surface area contributed by atoms with Crippen molar-refractivity contribution in [3.63, 3.8) is 0 Å². The number of methoxy groups -OCH3 is 2. The standard InChI is InChI=1S/C18H25NO4/c1-4-13-10-19(11-17-14(13)8-18(20)23-17)9-12-5-6-15(21-2)16(7-12)22-3/h5-7,13-14,17H,4,8-11H2,1-3H3/t13-,14-,17+/m1/s1. The molecule has 0 N–H and O–H groups in total. The summed E-state index contributed by atoms with van der Waals surface area (Å²) in [5, 5.41) is 0. The van der Waals surface area contributed by atoms with Crippen LogP contribution in [0.3, 0.4) is 0 Å². The zero-order valence-corrected chi connectivity index (χ0v) is 14.1. The van der Waals surface area contributed by atoms with Crippen molar-refractivity contribution in [2.45, 2.75) is 32.4 Å². The molecule has 2 aliphatic heterocycles. The molecule has 5 nitrogen and oxygen atoms in total. The van der Waals surface area contributed by atoms with E-state index >= 15 is 0 Å². The van der Waals surface area contributed by atoms with Crippen molar-refractivity contribution >= 4 is 5.97 Å². The van der Waals surface area contributed by atoms with Gasteiger partial charge in [-0.15, -0.1) is 0 Å². The Morgan fingerprint density at radius 3 is 2.70 bits per heavy atom. The molecule has 0 aromatic heterocycles. The summed E-state index contributed by atoms with van der Waals surface area (Å²) in [6, 6.07) is 6.02. The number of benzene rings is 1. The number of hydrogen-bond acceptors (Lipinski definition) is 5. The zero-order chi connectivity index (χ0) is 16.4. The first-order valence-electron chi connectivity index (χ1n) is 8.27. The minimum atomic E-state index is -0.0357. The van der Waals surface area contributed by atoms with E-state index in [1.165, 1.54) is 5.56 Å². The molecule has 0 bridgehead atoms. The molecule has 0 radical (unpaired) electrons. The number of hydrogen-bond donors (Lipinski definition) is 0. The molecule has 0 saturated carbocycles. The van der Waals surface area contributed by atoms with E-state index in [9.17, 15) is 4.79 Å². The second-order valence-electron chi connectivity index (χ2n) is 6.45. The lowest BCUT2D eigenvalue weighted by atomic mass is 9.81. The van der Waals surface area contributed by atoms with Crippen LogP contribution < -0.4 is 9.47 Å². The van der Waals surface area contributed by atoms with E-state index in [0.717, 1.165) is 37.6 Å². The summed E-state index contributed by atoms with van der Waals surface area (Å²) in [6.07, 6.45) is 1.73. The minimum Gasteiger partial charge on any atom is -0.493 e. The number of rotatable bonds is 5. The predicted octanol–water partition coefficient (Wildman–Crippen LogP) is 2.48. The Kier molecular flexibility index (Phi) is 4.76. The van der Waals surface area contributed by atoms with Gasteiger partial charge in [0.2, 0.25) is 0 Å². The van der Waals surface area contributed by atoms with Crippen molar-refractivity contribution in [3.05, 3.63) is 23.8 Å². The maximum atomic E-state index is 11.6. The lowest BCUT2D eigenvalue weighted by molar-refractivity contribution is -0.143. The molecule has 2 heterocycles. The quantitative estimate of drug-likeness (QED) is 0.780. The highest BCUT2D eigenvalue weighted by Gasteiger charge is 2.43. The molecule has 2 fully saturated rings. The summed E-state index contributed by atoms with van der Waals surface area (Å²) in [4.78, 5) is 14.0. The van der Waals surface area contributed by atoms with Crippen molar-refractivity contribution < 1.29 is 19.0 Å². The first kappa shape index (κ1) is 16.1. The van der Waals surface area contributed by atoms with Crippen molar-refractivity contribution in [1.82, 2.24) is 4.90 Å². The highest BCUT2D eigenvalue weighted by atomic mass is 16.6. The number of piperidine rings is 1. The van der Waals surface area contributed by atoms with Crippen molar-refractivity contribution in [1.29, 1.82) is 0 Å². The second kappa shape index (κ2) is 6.79. The van der Waals surface area contributed by atoms with Crippen LogP contribution in [0.5, 0.6) is 11.5 Å². The van der Waals surface area contributed by atoms with Crippen LogP contribution in [0.15, 0.2) is 18.2 Å². The summed E-state index contributed by atoms with van der Waals surface area (Å²) in [5.74, 6) is 2.38. The topological polar surface area (TPSA) is 48.0 Å². The van der Waals surface area contributed by atoms with Gasteiger partial charge in [0, 0.05) is 25.6 Å². The van der Waals surface area contributed by atoms with Crippen LogP contribution in [0.1, 0.15) is 25.3 Å². The largest absolute Gasteiger partial charge is 0.493 e. The van der Waals surface area contributed by atoms with Crippen molar-refractivity contribution in [2.75, 3.05) is 27.3 Å². The smallest absolute Gasteiger partial charge is 0.306 e. The van der Waals surface area contributed by atoms with E-state index in [1.807, 2.05) is 12.1 Å². The molecule has 2 aliphatic rings. The summed E-state index contributed by atoms with van der Waals surface area (Å²) >= 11 is 0. The molecule has 3 atom stereocenters. The maximum absolute atomic E-state index is 11.6. The SMILES string of the molecule is CC[C@@H]1CN(Cc2ccc(OC)c(OC)c2)C[C@@H]2OC(=O)C[C@H]12. The Bertz CT molecular complexity index is 574. The first-order chi connectivity index (χ1) is 11.1. The van der Waals surface area contributed by atoms with Crippen LogP contribution in [-0.4, -0.2) is 44.3 Å². The first-order valence-corrected chi connectivity index (χ1v) is 8.27. The number of ether oxygens (including phenoxy) is 3. The fourth-order valence-electron chi connectivity index (χ4n) is 3.87. The third-order valence-electron chi connectivity index (χ3n) is 5.08. The van der Waals surface area contributed by atoms with Crippen LogP contribution in [0.2, 0.25) is 0 Å². The van der Waals surface area contributed by atoms with Gasteiger partial charge in [0.25, 0.3) is 0 Å². The third kappa shape index (κ3) is 3.29. The van der Waals surface area contributed by atoms with E-state index in [4.69, 9.17) is 14.2 Å². The predicted molar refractivity (Wildman–Crippen MR) is 86.6 cm³/mol. The molecule has 23 heavy (non-hydrogen) atoms. The van der Waals surface area contributed by atoms with Crippen LogP contribution in [-0.2, 0) is 16.1 Å². The highest BCUT2D eigenvalue weighted by molar-refractivity contribution is 5.72. The van der Waals surface area contributed by atoms with E-state index in [-0.39, 0.29) is 12.1 Å². The fourth-order valence-corrected chi connectivity index (χ4v) is 3.87. The monoisotopic (exact) mass is 319 g/mol. The molecule has 3 rings (SSSR count). The average Bonchev–Trinajstić information content (AvgIpc) is 2.94. The minimum absolute atomic E-state index is 0.0357. The lowest BCUT2D eigenvalue weighted by Gasteiger charge is -2.39. The lowest BCUT2D eigenvalue weighted by Crippen LogP contribution is -2.47. The maximum Gasteiger partial charge on any atom is 0.306 e. The van der Waals surface area contributed by atoms with Gasteiger partial charge in [-0.3, -0.25) is 9.69 Å². The summed E-state index contributed by atoms with van der Waals surface area (Å²) in [6.45, 7) is 4.87. The van der Waals surface area contributed by atoms with Gasteiger partial charge in [-0.05, 0) is 23.6 Å². The molecule has 2 saturated heterocycles. The van der Waals surface area contributed by atoms with Gasteiger partial charge in [-0.1, -0.05) is 19.4 Å². The molecular weight excluding hydrogens is 294 g/mol. The third-order valence-corrected chi connectivity index (χ3v) is 5.08. The number of carbonyl (C=O) groups is 1. The van der Waals surface area contributed by atoms with Gasteiger partial charge in [0.1, 0.15) is 6.10 Å². The zero-order valence-electron chi connectivity index (χ0n) is 14.1. The molecule has 5 heteroatoms. The van der Waals surface area contributed by atoms with E-state index < -0.39 is 0 Å². The fraction of sp³-hybridized carbons (Fsp3) is 0.611. The molecule has 1 aromatic rings. The van der Waals surface area contributed by atoms with Gasteiger partial charge < -0.3 is 14.2 Å². The molecule has 1 aromatic carbocycles. The van der Waals surface area contributed by atoms with Gasteiger partial charge >= 0.3 is 5.97 Å². The van der Waals surface area contributed by atoms with Crippen molar-refractivity contribution in [2.24, 2.45) is 11.8 Å². The second-order valence-corrected chi connectivity index (χ2v) is 6.45. The Morgan fingerprint density at radius 1 is 1.22 bits per heavy atom. The van der Waals surface area contributed by atoms with Crippen molar-refractivity contribution in [3.8, 4) is 11.5 Å². The normalized spacial score (nSPS) is 27.4. The summed E-state index contributed by atoms with van der Waals surface area (Å²) < 4.78 is 16.2. The van der Waals surface area contributed by atoms with Gasteiger partial charge in [-0.25, -0.2) is 0 Å². The highest BCUT2D eigenvalue weighted by Crippen LogP contribution is 2.37. The number of nitrogens with zero attached hydrogens (tertiary/aromatic N) is 1. The summed E-state index contributed by atoms with van der Waals surface area (Å²) in [5.41, 5.74) is 1.18. The number of carbonyl (C=O) groups excluding carboxylic acids is 1.